The number of aliphatic carboxylic acids is 1. The summed E-state index contributed by atoms with van der Waals surface area (Å²) in [6.45, 7) is 2.24. The first-order chi connectivity index (χ1) is 9.43. The predicted molar refractivity (Wildman–Crippen MR) is 69.0 cm³/mol. The number of carbonyl (C=O) groups excluding carboxylic acids is 1. The third-order valence-corrected chi connectivity index (χ3v) is 2.69. The number of carboxylic acids is 1. The number of urea groups is 1. The Morgan fingerprint density at radius 3 is 2.90 bits per heavy atom. The number of hydrogen-bond acceptors (Lipinski definition) is 5. The predicted octanol–water partition coefficient (Wildman–Crippen LogP) is -0.461. The minimum Gasteiger partial charge on any atom is -0.480 e. The van der Waals surface area contributed by atoms with Crippen LogP contribution in [0.2, 0.25) is 0 Å². The Hall–Kier alpha value is -2.16. The van der Waals surface area contributed by atoms with Gasteiger partial charge in [0.25, 0.3) is 0 Å². The number of ether oxygens (including phenoxy) is 1. The maximum Gasteiger partial charge on any atom is 0.325 e. The molecule has 0 bridgehead atoms. The molecule has 2 N–H and O–H groups in total. The summed E-state index contributed by atoms with van der Waals surface area (Å²) in [5.74, 6) is -1.00. The highest BCUT2D eigenvalue weighted by Crippen LogP contribution is 1.98. The number of nitrogens with one attached hydrogen (secondary N) is 1. The van der Waals surface area contributed by atoms with Gasteiger partial charge in [0.1, 0.15) is 12.2 Å². The van der Waals surface area contributed by atoms with Crippen LogP contribution in [0.25, 0.3) is 0 Å². The molecule has 0 aliphatic carbocycles. The Bertz CT molecular complexity index is 461. The van der Waals surface area contributed by atoms with Crippen molar-refractivity contribution >= 4 is 12.0 Å². The number of amides is 2. The highest BCUT2D eigenvalue weighted by molar-refractivity contribution is 5.74. The van der Waals surface area contributed by atoms with Crippen LogP contribution in [0.15, 0.2) is 6.20 Å². The Labute approximate surface area is 116 Å². The van der Waals surface area contributed by atoms with Gasteiger partial charge < -0.3 is 20.1 Å². The van der Waals surface area contributed by atoms with Crippen molar-refractivity contribution in [3.8, 4) is 0 Å². The lowest BCUT2D eigenvalue weighted by molar-refractivity contribution is -0.137. The molecule has 1 unspecified atom stereocenters. The molecule has 9 nitrogen and oxygen atoms in total. The highest BCUT2D eigenvalue weighted by Gasteiger charge is 2.15. The largest absolute Gasteiger partial charge is 0.480 e. The molecule has 20 heavy (non-hydrogen) atoms. The fraction of sp³-hybridized carbons (Fsp3) is 0.636. The van der Waals surface area contributed by atoms with Crippen LogP contribution in [0.1, 0.15) is 12.6 Å². The molecule has 0 saturated heterocycles. The van der Waals surface area contributed by atoms with E-state index in [4.69, 9.17) is 9.84 Å². The van der Waals surface area contributed by atoms with E-state index in [1.807, 2.05) is 6.92 Å². The SMILES string of the molecule is COCC(C)N(C)C(=O)NCc1cn(CC(=O)O)nn1. The molecule has 0 aromatic carbocycles. The molecule has 1 rings (SSSR count). The average molecular weight is 285 g/mol. The van der Waals surface area contributed by atoms with Gasteiger partial charge in [-0.2, -0.15) is 0 Å². The topological polar surface area (TPSA) is 110 Å². The van der Waals surface area contributed by atoms with E-state index >= 15 is 0 Å². The summed E-state index contributed by atoms with van der Waals surface area (Å²) < 4.78 is 6.17. The van der Waals surface area contributed by atoms with Crippen molar-refractivity contribution in [3.05, 3.63) is 11.9 Å². The molecule has 9 heteroatoms. The van der Waals surface area contributed by atoms with Gasteiger partial charge in [-0.25, -0.2) is 9.48 Å². The first-order valence-corrected chi connectivity index (χ1v) is 6.04. The van der Waals surface area contributed by atoms with E-state index < -0.39 is 5.97 Å². The van der Waals surface area contributed by atoms with Gasteiger partial charge in [-0.3, -0.25) is 4.79 Å². The number of hydrogen-bond donors (Lipinski definition) is 2. The lowest BCUT2D eigenvalue weighted by Gasteiger charge is -2.24. The van der Waals surface area contributed by atoms with E-state index in [1.165, 1.54) is 15.8 Å². The minimum atomic E-state index is -1.00. The lowest BCUT2D eigenvalue weighted by Crippen LogP contribution is -2.43. The van der Waals surface area contributed by atoms with Crippen molar-refractivity contribution in [3.63, 3.8) is 0 Å². The molecule has 2 amide bonds. The number of methoxy groups -OCH3 is 1. The Balaban J connectivity index is 2.44. The van der Waals surface area contributed by atoms with Gasteiger partial charge in [-0.15, -0.1) is 5.10 Å². The molecule has 112 valence electrons. The summed E-state index contributed by atoms with van der Waals surface area (Å²) in [6.07, 6.45) is 1.48. The van der Waals surface area contributed by atoms with Gasteiger partial charge in [0.15, 0.2) is 0 Å². The molecular weight excluding hydrogens is 266 g/mol. The molecule has 0 aliphatic rings. The Morgan fingerprint density at radius 1 is 1.60 bits per heavy atom. The van der Waals surface area contributed by atoms with Gasteiger partial charge in [-0.05, 0) is 6.92 Å². The maximum absolute atomic E-state index is 11.8. The monoisotopic (exact) mass is 285 g/mol. The van der Waals surface area contributed by atoms with Crippen molar-refractivity contribution in [2.24, 2.45) is 0 Å². The Morgan fingerprint density at radius 2 is 2.30 bits per heavy atom. The summed E-state index contributed by atoms with van der Waals surface area (Å²) in [5, 5.41) is 18.7. The molecule has 0 spiro atoms. The summed E-state index contributed by atoms with van der Waals surface area (Å²) in [5.41, 5.74) is 0.493. The van der Waals surface area contributed by atoms with E-state index in [0.717, 1.165) is 0 Å². The van der Waals surface area contributed by atoms with E-state index in [-0.39, 0.29) is 25.2 Å². The van der Waals surface area contributed by atoms with Crippen molar-refractivity contribution in [1.29, 1.82) is 0 Å². The van der Waals surface area contributed by atoms with Crippen LogP contribution >= 0.6 is 0 Å². The molecule has 1 aromatic rings. The first-order valence-electron chi connectivity index (χ1n) is 6.04. The molecule has 0 radical (unpaired) electrons. The number of carboxylic acid groups (broad SMARTS) is 1. The minimum absolute atomic E-state index is 0.0531. The molecule has 1 heterocycles. The zero-order valence-electron chi connectivity index (χ0n) is 11.7. The van der Waals surface area contributed by atoms with Gasteiger partial charge in [0, 0.05) is 14.2 Å². The van der Waals surface area contributed by atoms with Crippen LogP contribution in [-0.4, -0.2) is 63.8 Å². The highest BCUT2D eigenvalue weighted by atomic mass is 16.5. The number of nitrogens with zero attached hydrogens (tertiary/aromatic N) is 4. The molecule has 0 fully saturated rings. The lowest BCUT2D eigenvalue weighted by atomic mass is 10.3. The number of rotatable bonds is 7. The van der Waals surface area contributed by atoms with Crippen LogP contribution in [0.4, 0.5) is 4.79 Å². The van der Waals surface area contributed by atoms with Crippen LogP contribution in [0, 0.1) is 0 Å². The van der Waals surface area contributed by atoms with Crippen molar-refractivity contribution in [2.75, 3.05) is 20.8 Å². The summed E-state index contributed by atoms with van der Waals surface area (Å²) in [4.78, 5) is 23.8. The van der Waals surface area contributed by atoms with Gasteiger partial charge >= 0.3 is 12.0 Å². The van der Waals surface area contributed by atoms with Gasteiger partial charge in [0.05, 0.1) is 25.4 Å². The smallest absolute Gasteiger partial charge is 0.325 e. The van der Waals surface area contributed by atoms with Crippen LogP contribution in [-0.2, 0) is 22.6 Å². The second-order valence-electron chi connectivity index (χ2n) is 4.38. The second kappa shape index (κ2) is 7.43. The van der Waals surface area contributed by atoms with E-state index in [9.17, 15) is 9.59 Å². The van der Waals surface area contributed by atoms with Crippen LogP contribution < -0.4 is 5.32 Å². The van der Waals surface area contributed by atoms with Gasteiger partial charge in [-0.1, -0.05) is 5.21 Å². The van der Waals surface area contributed by atoms with Crippen LogP contribution in [0.5, 0.6) is 0 Å². The van der Waals surface area contributed by atoms with Crippen molar-refractivity contribution in [1.82, 2.24) is 25.2 Å². The van der Waals surface area contributed by atoms with Crippen molar-refractivity contribution < 1.29 is 19.4 Å². The molecule has 1 atom stereocenters. The Kier molecular flexibility index (Phi) is 5.91. The summed E-state index contributed by atoms with van der Waals surface area (Å²) in [7, 11) is 3.24. The number of aromatic nitrogens is 3. The average Bonchev–Trinajstić information content (AvgIpc) is 2.82. The van der Waals surface area contributed by atoms with E-state index in [2.05, 4.69) is 15.6 Å². The third kappa shape index (κ3) is 4.84. The third-order valence-electron chi connectivity index (χ3n) is 2.69. The van der Waals surface area contributed by atoms with Crippen molar-refractivity contribution in [2.45, 2.75) is 26.1 Å². The van der Waals surface area contributed by atoms with E-state index in [0.29, 0.717) is 12.3 Å². The fourth-order valence-corrected chi connectivity index (χ4v) is 1.48. The van der Waals surface area contributed by atoms with Gasteiger partial charge in [0.2, 0.25) is 0 Å². The second-order valence-corrected chi connectivity index (χ2v) is 4.38. The number of likely N-dealkylation sites (N-methyl/N-ethyl adjacent to an activating group) is 1. The first kappa shape index (κ1) is 15.9. The fourth-order valence-electron chi connectivity index (χ4n) is 1.48. The molecule has 0 saturated carbocycles. The quantitative estimate of drug-likeness (QED) is 0.701. The zero-order chi connectivity index (χ0) is 15.1. The molecule has 1 aromatic heterocycles. The molecule has 0 aliphatic heterocycles. The number of carbonyl (C=O) groups is 2. The van der Waals surface area contributed by atoms with Crippen LogP contribution in [0.3, 0.4) is 0 Å². The summed E-state index contributed by atoms with van der Waals surface area (Å²) >= 11 is 0. The van der Waals surface area contributed by atoms with E-state index in [1.54, 1.807) is 14.2 Å². The molecular formula is C11H19N5O4. The summed E-state index contributed by atoms with van der Waals surface area (Å²) in [6, 6.07) is -0.315. The normalized spacial score (nSPS) is 11.9. The zero-order valence-corrected chi connectivity index (χ0v) is 11.7. The maximum atomic E-state index is 11.8. The standard InChI is InChI=1S/C11H19N5O4/c1-8(7-20-3)15(2)11(19)12-4-9-5-16(14-13-9)6-10(17)18/h5,8H,4,6-7H2,1-3H3,(H,12,19)(H,17,18).